The molecule has 0 aliphatic carbocycles. The first-order valence-corrected chi connectivity index (χ1v) is 10.4. The summed E-state index contributed by atoms with van der Waals surface area (Å²) in [6.45, 7) is 4.64. The predicted molar refractivity (Wildman–Crippen MR) is 123 cm³/mol. The molecule has 0 aromatic heterocycles. The minimum Gasteiger partial charge on any atom is -0.455 e. The van der Waals surface area contributed by atoms with Crippen LogP contribution in [0.1, 0.15) is 15.9 Å². The highest BCUT2D eigenvalue weighted by Crippen LogP contribution is 2.27. The second kappa shape index (κ2) is 9.38. The fraction of sp³-hybridized carbons (Fsp3) is 0.280. The van der Waals surface area contributed by atoms with Crippen molar-refractivity contribution in [2.24, 2.45) is 0 Å². The number of hydrogen-bond donors (Lipinski definition) is 0. The molecular weight excluding hydrogens is 408 g/mol. The van der Waals surface area contributed by atoms with Crippen molar-refractivity contribution in [3.8, 4) is 0 Å². The largest absolute Gasteiger partial charge is 0.455 e. The molecule has 1 fully saturated rings. The molecule has 0 radical (unpaired) electrons. The van der Waals surface area contributed by atoms with E-state index in [-0.39, 0.29) is 32.6 Å². The van der Waals surface area contributed by atoms with Crippen LogP contribution in [0.2, 0.25) is 0 Å². The van der Waals surface area contributed by atoms with E-state index >= 15 is 0 Å². The van der Waals surface area contributed by atoms with E-state index in [2.05, 4.69) is 24.8 Å². The maximum absolute atomic E-state index is 12.9. The van der Waals surface area contributed by atoms with E-state index < -0.39 is 12.1 Å². The van der Waals surface area contributed by atoms with Gasteiger partial charge in [0, 0.05) is 14.2 Å². The topological polar surface area (TPSA) is 68.3 Å². The number of fused-ring (bicyclic) bond motifs is 2. The van der Waals surface area contributed by atoms with E-state index in [0.717, 1.165) is 27.1 Å². The smallest absolute Gasteiger partial charge is 0.338 e. The molecule has 2 amide bonds. The summed E-state index contributed by atoms with van der Waals surface area (Å²) in [5, 5.41) is 4.18. The summed E-state index contributed by atoms with van der Waals surface area (Å²) in [5.41, 5.74) is 1.50. The fourth-order valence-corrected chi connectivity index (χ4v) is 4.08. The van der Waals surface area contributed by atoms with Gasteiger partial charge in [0.25, 0.3) is 0 Å². The van der Waals surface area contributed by atoms with Crippen LogP contribution >= 0.6 is 0 Å². The monoisotopic (exact) mass is 434 g/mol. The van der Waals surface area contributed by atoms with Crippen molar-refractivity contribution < 1.29 is 23.8 Å². The van der Waals surface area contributed by atoms with E-state index in [0.29, 0.717) is 5.56 Å². The molecule has 0 N–H and O–H groups in total. The zero-order valence-corrected chi connectivity index (χ0v) is 18.2. The lowest BCUT2D eigenvalue weighted by Gasteiger charge is -2.38. The number of rotatable bonds is 7. The Balaban J connectivity index is 1.58. The molecule has 3 aromatic rings. The first-order chi connectivity index (χ1) is 15.5. The number of esters is 1. The molecule has 3 aromatic carbocycles. The van der Waals surface area contributed by atoms with Crippen LogP contribution in [0.3, 0.4) is 0 Å². The molecule has 1 aliphatic rings. The van der Waals surface area contributed by atoms with Gasteiger partial charge in [0.2, 0.25) is 0 Å². The third-order valence-electron chi connectivity index (χ3n) is 5.56. The molecule has 0 bridgehead atoms. The van der Waals surface area contributed by atoms with Crippen molar-refractivity contribution in [1.29, 1.82) is 0 Å². The molecule has 0 spiro atoms. The summed E-state index contributed by atoms with van der Waals surface area (Å²) in [4.78, 5) is 28.4. The Labute approximate surface area is 186 Å². The van der Waals surface area contributed by atoms with E-state index in [1.807, 2.05) is 30.3 Å². The fourth-order valence-electron chi connectivity index (χ4n) is 4.08. The van der Waals surface area contributed by atoms with Crippen LogP contribution in [0.5, 0.6) is 0 Å². The van der Waals surface area contributed by atoms with Crippen molar-refractivity contribution >= 4 is 39.6 Å². The summed E-state index contributed by atoms with van der Waals surface area (Å²) in [6, 6.07) is 15.6. The van der Waals surface area contributed by atoms with Crippen molar-refractivity contribution in [2.75, 3.05) is 40.8 Å². The Bertz CT molecular complexity index is 1160. The van der Waals surface area contributed by atoms with Crippen LogP contribution < -0.4 is 0 Å². The minimum atomic E-state index is -0.495. The highest BCUT2D eigenvalue weighted by atomic mass is 16.5. The zero-order valence-electron chi connectivity index (χ0n) is 18.2. The summed E-state index contributed by atoms with van der Waals surface area (Å²) in [6.07, 6.45) is 1.33. The van der Waals surface area contributed by atoms with Gasteiger partial charge in [-0.05, 0) is 51.4 Å². The third kappa shape index (κ3) is 4.30. The molecule has 0 unspecified atom stereocenters. The summed E-state index contributed by atoms with van der Waals surface area (Å²) in [7, 11) is 3.03. The lowest BCUT2D eigenvalue weighted by Crippen LogP contribution is -2.57. The SMILES string of the molecule is C=Cc1cccc2cc3ccc(C(=O)OC4CN(COC)C(=O)N(COC)C4)cc3cc12. The van der Waals surface area contributed by atoms with E-state index in [1.165, 1.54) is 24.0 Å². The lowest BCUT2D eigenvalue weighted by molar-refractivity contribution is -0.0401. The van der Waals surface area contributed by atoms with Crippen molar-refractivity contribution in [3.63, 3.8) is 0 Å². The van der Waals surface area contributed by atoms with Gasteiger partial charge < -0.3 is 14.2 Å². The molecule has 7 heteroatoms. The molecule has 0 atom stereocenters. The van der Waals surface area contributed by atoms with Gasteiger partial charge in [-0.25, -0.2) is 9.59 Å². The highest BCUT2D eigenvalue weighted by Gasteiger charge is 2.34. The summed E-state index contributed by atoms with van der Waals surface area (Å²) >= 11 is 0. The highest BCUT2D eigenvalue weighted by molar-refractivity contribution is 6.04. The van der Waals surface area contributed by atoms with Gasteiger partial charge >= 0.3 is 12.0 Å². The summed E-state index contributed by atoms with van der Waals surface area (Å²) < 4.78 is 16.0. The van der Waals surface area contributed by atoms with Crippen molar-refractivity contribution in [3.05, 3.63) is 66.2 Å². The average molecular weight is 434 g/mol. The third-order valence-corrected chi connectivity index (χ3v) is 5.56. The molecule has 7 nitrogen and oxygen atoms in total. The molecule has 1 heterocycles. The Morgan fingerprint density at radius 3 is 2.38 bits per heavy atom. The normalized spacial score (nSPS) is 14.9. The molecule has 4 rings (SSSR count). The van der Waals surface area contributed by atoms with E-state index in [9.17, 15) is 9.59 Å². The minimum absolute atomic E-state index is 0.113. The van der Waals surface area contributed by atoms with Crippen molar-refractivity contribution in [1.82, 2.24) is 9.80 Å². The average Bonchev–Trinajstić information content (AvgIpc) is 2.80. The van der Waals surface area contributed by atoms with Crippen LogP contribution in [0.25, 0.3) is 27.6 Å². The van der Waals surface area contributed by atoms with E-state index in [4.69, 9.17) is 14.2 Å². The maximum Gasteiger partial charge on any atom is 0.338 e. The number of benzene rings is 3. The van der Waals surface area contributed by atoms with Crippen molar-refractivity contribution in [2.45, 2.75) is 6.10 Å². The van der Waals surface area contributed by atoms with Gasteiger partial charge in [-0.1, -0.05) is 36.9 Å². The number of nitrogens with zero attached hydrogens (tertiary/aromatic N) is 2. The predicted octanol–water partition coefficient (Wildman–Crippen LogP) is 4.11. The quantitative estimate of drug-likeness (QED) is 0.414. The number of ether oxygens (including phenoxy) is 3. The van der Waals surface area contributed by atoms with E-state index in [1.54, 1.807) is 6.07 Å². The lowest BCUT2D eigenvalue weighted by atomic mass is 9.98. The molecule has 0 saturated carbocycles. The standard InChI is InChI=1S/C25H26N2O5/c1-4-17-6-5-7-19-10-18-8-9-20(11-21(18)12-23(17)19)24(28)32-22-13-26(15-30-2)25(29)27(14-22)16-31-3/h4-12,22H,1,13-16H2,2-3H3. The van der Waals surface area contributed by atoms with Gasteiger partial charge in [0.05, 0.1) is 18.7 Å². The van der Waals surface area contributed by atoms with Crippen LogP contribution in [-0.2, 0) is 14.2 Å². The van der Waals surface area contributed by atoms with Gasteiger partial charge in [0.15, 0.2) is 0 Å². The number of urea groups is 1. The Morgan fingerprint density at radius 1 is 1.00 bits per heavy atom. The first kappa shape index (κ1) is 21.8. The first-order valence-electron chi connectivity index (χ1n) is 10.4. The van der Waals surface area contributed by atoms with Gasteiger partial charge in [-0.3, -0.25) is 9.80 Å². The number of hydrogen-bond acceptors (Lipinski definition) is 5. The molecule has 166 valence electrons. The number of carbonyl (C=O) groups excluding carboxylic acids is 2. The second-order valence-corrected chi connectivity index (χ2v) is 7.78. The van der Waals surface area contributed by atoms with Crippen LogP contribution in [0, 0.1) is 0 Å². The number of carbonyl (C=O) groups is 2. The molecule has 32 heavy (non-hydrogen) atoms. The Kier molecular flexibility index (Phi) is 6.39. The van der Waals surface area contributed by atoms with Gasteiger partial charge in [0.1, 0.15) is 19.6 Å². The number of methoxy groups -OCH3 is 2. The van der Waals surface area contributed by atoms with Crippen LogP contribution in [0.15, 0.2) is 55.1 Å². The zero-order chi connectivity index (χ0) is 22.7. The van der Waals surface area contributed by atoms with Gasteiger partial charge in [-0.2, -0.15) is 0 Å². The van der Waals surface area contributed by atoms with Gasteiger partial charge in [-0.15, -0.1) is 0 Å². The van der Waals surface area contributed by atoms with Crippen LogP contribution in [0.4, 0.5) is 4.79 Å². The Morgan fingerprint density at radius 2 is 1.72 bits per heavy atom. The molecule has 1 aliphatic heterocycles. The maximum atomic E-state index is 12.9. The second-order valence-electron chi connectivity index (χ2n) is 7.78. The Hall–Kier alpha value is -3.42. The summed E-state index contributed by atoms with van der Waals surface area (Å²) in [5.74, 6) is -0.432. The molecule has 1 saturated heterocycles. The molecular formula is C25H26N2O5. The van der Waals surface area contributed by atoms with Crippen LogP contribution in [-0.4, -0.2) is 68.7 Å². The number of amides is 2.